The van der Waals surface area contributed by atoms with Gasteiger partial charge in [0.1, 0.15) is 0 Å². The van der Waals surface area contributed by atoms with Gasteiger partial charge in [-0.1, -0.05) is 24.3 Å². The molecule has 0 aromatic heterocycles. The Bertz CT molecular complexity index is 792. The zero-order valence-corrected chi connectivity index (χ0v) is 13.2. The number of ether oxygens (including phenoxy) is 2. The number of esters is 1. The van der Waals surface area contributed by atoms with E-state index in [1.807, 2.05) is 5.32 Å². The van der Waals surface area contributed by atoms with E-state index in [4.69, 9.17) is 4.74 Å². The minimum atomic E-state index is -4.64. The Morgan fingerprint density at radius 1 is 0.962 bits per heavy atom. The van der Waals surface area contributed by atoms with Gasteiger partial charge in [-0.2, -0.15) is 13.2 Å². The van der Waals surface area contributed by atoms with Crippen LogP contribution in [-0.2, 0) is 20.5 Å². The van der Waals surface area contributed by atoms with E-state index in [9.17, 15) is 27.2 Å². The number of carbonyl (C=O) groups excluding carboxylic acids is 2. The molecule has 0 aliphatic heterocycles. The number of hydrogen-bond acceptors (Lipinski definition) is 4. The molecule has 0 saturated carbocycles. The number of alkyl halides is 3. The van der Waals surface area contributed by atoms with Gasteiger partial charge in [0.2, 0.25) is 0 Å². The van der Waals surface area contributed by atoms with Crippen LogP contribution in [0.4, 0.5) is 23.2 Å². The summed E-state index contributed by atoms with van der Waals surface area (Å²) < 4.78 is 61.2. The maximum absolute atomic E-state index is 13.3. The van der Waals surface area contributed by atoms with E-state index in [-0.39, 0.29) is 5.75 Å². The van der Waals surface area contributed by atoms with Crippen LogP contribution in [0, 0.1) is 5.82 Å². The SMILES string of the molecule is O=C(COC(=O)COc1ccccc1F)Nc1ccccc1C(F)(F)F. The van der Waals surface area contributed by atoms with Crippen LogP contribution in [0.1, 0.15) is 5.56 Å². The number of benzene rings is 2. The van der Waals surface area contributed by atoms with Crippen LogP contribution in [0.25, 0.3) is 0 Å². The van der Waals surface area contributed by atoms with E-state index >= 15 is 0 Å². The lowest BCUT2D eigenvalue weighted by molar-refractivity contribution is -0.149. The fourth-order valence-electron chi connectivity index (χ4n) is 1.91. The molecular weight excluding hydrogens is 358 g/mol. The molecule has 26 heavy (non-hydrogen) atoms. The normalized spacial score (nSPS) is 10.9. The second-order valence-corrected chi connectivity index (χ2v) is 4.97. The van der Waals surface area contributed by atoms with E-state index in [0.717, 1.165) is 18.2 Å². The molecule has 0 spiro atoms. The lowest BCUT2D eigenvalue weighted by Crippen LogP contribution is -2.24. The van der Waals surface area contributed by atoms with Crippen LogP contribution in [0.3, 0.4) is 0 Å². The highest BCUT2D eigenvalue weighted by Gasteiger charge is 2.33. The Hall–Kier alpha value is -3.10. The van der Waals surface area contributed by atoms with Crippen molar-refractivity contribution >= 4 is 17.6 Å². The molecule has 0 atom stereocenters. The molecule has 0 aliphatic rings. The zero-order chi connectivity index (χ0) is 19.2. The van der Waals surface area contributed by atoms with E-state index in [1.54, 1.807) is 0 Å². The van der Waals surface area contributed by atoms with Gasteiger partial charge >= 0.3 is 12.1 Å². The Labute approximate surface area is 145 Å². The van der Waals surface area contributed by atoms with Gasteiger partial charge in [0.15, 0.2) is 24.8 Å². The average Bonchev–Trinajstić information content (AvgIpc) is 2.59. The summed E-state index contributed by atoms with van der Waals surface area (Å²) in [5.41, 5.74) is -1.48. The lowest BCUT2D eigenvalue weighted by atomic mass is 10.1. The van der Waals surface area contributed by atoms with Crippen molar-refractivity contribution in [2.75, 3.05) is 18.5 Å². The highest BCUT2D eigenvalue weighted by molar-refractivity contribution is 5.93. The van der Waals surface area contributed by atoms with Crippen LogP contribution < -0.4 is 10.1 Å². The topological polar surface area (TPSA) is 64.6 Å². The number of anilines is 1. The van der Waals surface area contributed by atoms with Crippen molar-refractivity contribution in [3.8, 4) is 5.75 Å². The Balaban J connectivity index is 1.84. The van der Waals surface area contributed by atoms with E-state index in [2.05, 4.69) is 4.74 Å². The Kier molecular flexibility index (Phi) is 6.16. The van der Waals surface area contributed by atoms with Gasteiger partial charge in [-0.05, 0) is 24.3 Å². The van der Waals surface area contributed by atoms with Crippen LogP contribution >= 0.6 is 0 Å². The predicted octanol–water partition coefficient (Wildman–Crippen LogP) is 3.41. The van der Waals surface area contributed by atoms with Crippen molar-refractivity contribution in [1.29, 1.82) is 0 Å². The third kappa shape index (κ3) is 5.47. The molecule has 2 rings (SSSR count). The van der Waals surface area contributed by atoms with Crippen molar-refractivity contribution in [1.82, 2.24) is 0 Å². The smallest absolute Gasteiger partial charge is 0.418 e. The van der Waals surface area contributed by atoms with Crippen molar-refractivity contribution in [3.05, 3.63) is 59.9 Å². The first kappa shape index (κ1) is 19.2. The van der Waals surface area contributed by atoms with E-state index in [0.29, 0.717) is 0 Å². The summed E-state index contributed by atoms with van der Waals surface area (Å²) in [4.78, 5) is 23.1. The Morgan fingerprint density at radius 3 is 2.31 bits per heavy atom. The summed E-state index contributed by atoms with van der Waals surface area (Å²) in [5.74, 6) is -2.79. The fraction of sp³-hybridized carbons (Fsp3) is 0.176. The van der Waals surface area contributed by atoms with E-state index in [1.165, 1.54) is 30.3 Å². The lowest BCUT2D eigenvalue weighted by Gasteiger charge is -2.13. The fourth-order valence-corrected chi connectivity index (χ4v) is 1.91. The summed E-state index contributed by atoms with van der Waals surface area (Å²) in [5, 5.41) is 2.02. The molecule has 0 radical (unpaired) electrons. The zero-order valence-electron chi connectivity index (χ0n) is 13.2. The van der Waals surface area contributed by atoms with Gasteiger partial charge < -0.3 is 14.8 Å². The van der Waals surface area contributed by atoms with Gasteiger partial charge in [-0.25, -0.2) is 9.18 Å². The largest absolute Gasteiger partial charge is 0.479 e. The summed E-state index contributed by atoms with van der Waals surface area (Å²) in [6.45, 7) is -1.47. The second kappa shape index (κ2) is 8.32. The molecule has 9 heteroatoms. The maximum Gasteiger partial charge on any atom is 0.418 e. The number of amides is 1. The molecule has 2 aromatic carbocycles. The monoisotopic (exact) mass is 371 g/mol. The second-order valence-electron chi connectivity index (χ2n) is 4.97. The van der Waals surface area contributed by atoms with Gasteiger partial charge in [-0.3, -0.25) is 4.79 Å². The molecule has 5 nitrogen and oxygen atoms in total. The first-order valence-electron chi connectivity index (χ1n) is 7.26. The third-order valence-corrected chi connectivity index (χ3v) is 3.05. The minimum Gasteiger partial charge on any atom is -0.479 e. The number of nitrogens with one attached hydrogen (secondary N) is 1. The summed E-state index contributed by atoms with van der Waals surface area (Å²) in [6.07, 6.45) is -4.64. The first-order chi connectivity index (χ1) is 12.3. The molecule has 0 saturated heterocycles. The van der Waals surface area contributed by atoms with E-state index < -0.39 is 48.3 Å². The van der Waals surface area contributed by atoms with Crippen LogP contribution in [0.2, 0.25) is 0 Å². The Morgan fingerprint density at radius 2 is 1.62 bits per heavy atom. The van der Waals surface area contributed by atoms with Gasteiger partial charge in [-0.15, -0.1) is 0 Å². The summed E-state index contributed by atoms with van der Waals surface area (Å²) >= 11 is 0. The molecule has 0 fully saturated rings. The minimum absolute atomic E-state index is 0.173. The summed E-state index contributed by atoms with van der Waals surface area (Å²) in [7, 11) is 0. The number of carbonyl (C=O) groups is 2. The number of para-hydroxylation sites is 2. The molecule has 2 aromatic rings. The number of rotatable bonds is 6. The molecule has 0 unspecified atom stereocenters. The quantitative estimate of drug-likeness (QED) is 0.624. The molecule has 1 N–H and O–H groups in total. The van der Waals surface area contributed by atoms with Crippen LogP contribution in [0.15, 0.2) is 48.5 Å². The van der Waals surface area contributed by atoms with Crippen molar-refractivity contribution < 1.29 is 36.6 Å². The molecule has 0 bridgehead atoms. The van der Waals surface area contributed by atoms with Crippen molar-refractivity contribution in [3.63, 3.8) is 0 Å². The maximum atomic E-state index is 13.3. The summed E-state index contributed by atoms with van der Waals surface area (Å²) in [6, 6.07) is 9.74. The predicted molar refractivity (Wildman–Crippen MR) is 82.9 cm³/mol. The highest BCUT2D eigenvalue weighted by Crippen LogP contribution is 2.34. The average molecular weight is 371 g/mol. The van der Waals surface area contributed by atoms with Crippen LogP contribution in [0.5, 0.6) is 5.75 Å². The third-order valence-electron chi connectivity index (χ3n) is 3.05. The number of hydrogen-bond donors (Lipinski definition) is 1. The van der Waals surface area contributed by atoms with Gasteiger partial charge in [0.05, 0.1) is 11.3 Å². The van der Waals surface area contributed by atoms with Gasteiger partial charge in [0, 0.05) is 0 Å². The molecular formula is C17H13F4NO4. The highest BCUT2D eigenvalue weighted by atomic mass is 19.4. The molecule has 0 aliphatic carbocycles. The molecule has 138 valence electrons. The number of halogens is 4. The molecule has 0 heterocycles. The van der Waals surface area contributed by atoms with Crippen molar-refractivity contribution in [2.24, 2.45) is 0 Å². The van der Waals surface area contributed by atoms with Gasteiger partial charge in [0.25, 0.3) is 5.91 Å². The first-order valence-corrected chi connectivity index (χ1v) is 7.26. The molecule has 1 amide bonds. The van der Waals surface area contributed by atoms with Crippen molar-refractivity contribution in [2.45, 2.75) is 6.18 Å². The standard InChI is InChI=1S/C17H13F4NO4/c18-12-6-2-4-8-14(12)25-10-16(24)26-9-15(23)22-13-7-3-1-5-11(13)17(19,20)21/h1-8H,9-10H2,(H,22,23). The van der Waals surface area contributed by atoms with Crippen LogP contribution in [-0.4, -0.2) is 25.1 Å².